The van der Waals surface area contributed by atoms with Gasteiger partial charge in [0.2, 0.25) is 11.8 Å². The molecule has 4 aromatic rings. The van der Waals surface area contributed by atoms with Crippen LogP contribution in [0.4, 0.5) is 17.6 Å². The van der Waals surface area contributed by atoms with Crippen molar-refractivity contribution in [2.24, 2.45) is 17.6 Å². The third-order valence-corrected chi connectivity index (χ3v) is 9.77. The summed E-state index contributed by atoms with van der Waals surface area (Å²) in [6.07, 6.45) is 4.68. The summed E-state index contributed by atoms with van der Waals surface area (Å²) in [5.74, 6) is -3.46. The largest absolute Gasteiger partial charge is 0.474 e. The second-order valence-electron chi connectivity index (χ2n) is 13.0. The van der Waals surface area contributed by atoms with Crippen LogP contribution in [0.5, 0.6) is 11.8 Å². The monoisotopic (exact) mass is 658 g/mol. The molecular formula is C36H30F4N4O4. The van der Waals surface area contributed by atoms with Crippen molar-refractivity contribution in [1.82, 2.24) is 15.3 Å². The molecule has 0 bridgehead atoms. The zero-order valence-electron chi connectivity index (χ0n) is 25.6. The molecule has 2 aromatic carbocycles. The van der Waals surface area contributed by atoms with E-state index in [2.05, 4.69) is 15.3 Å². The van der Waals surface area contributed by atoms with E-state index in [9.17, 15) is 27.2 Å². The Morgan fingerprint density at radius 3 is 1.81 bits per heavy atom. The van der Waals surface area contributed by atoms with Gasteiger partial charge in [0.05, 0.1) is 0 Å². The van der Waals surface area contributed by atoms with E-state index >= 15 is 0 Å². The highest BCUT2D eigenvalue weighted by molar-refractivity contribution is 5.95. The molecule has 2 unspecified atom stereocenters. The van der Waals surface area contributed by atoms with Crippen molar-refractivity contribution in [3.05, 3.63) is 94.3 Å². The lowest BCUT2D eigenvalue weighted by atomic mass is 9.92. The van der Waals surface area contributed by atoms with Crippen LogP contribution < -0.4 is 20.5 Å². The molecule has 2 amide bonds. The van der Waals surface area contributed by atoms with Crippen LogP contribution in [-0.2, 0) is 12.8 Å². The van der Waals surface area contributed by atoms with E-state index in [1.54, 1.807) is 0 Å². The van der Waals surface area contributed by atoms with Gasteiger partial charge in [0.25, 0.3) is 11.8 Å². The van der Waals surface area contributed by atoms with Crippen LogP contribution in [0.25, 0.3) is 22.3 Å². The number of amides is 2. The van der Waals surface area contributed by atoms with Crippen LogP contribution in [0.15, 0.2) is 48.5 Å². The second-order valence-corrected chi connectivity index (χ2v) is 13.0. The van der Waals surface area contributed by atoms with Gasteiger partial charge in [-0.1, -0.05) is 0 Å². The third-order valence-electron chi connectivity index (χ3n) is 9.77. The summed E-state index contributed by atoms with van der Waals surface area (Å²) in [6.45, 7) is 0. The lowest BCUT2D eigenvalue weighted by Gasteiger charge is -2.28. The number of primary amides is 1. The number of carbonyl (C=O) groups is 2. The zero-order valence-corrected chi connectivity index (χ0v) is 25.6. The first-order valence-electron chi connectivity index (χ1n) is 16.1. The van der Waals surface area contributed by atoms with Gasteiger partial charge in [-0.2, -0.15) is 0 Å². The Kier molecular flexibility index (Phi) is 7.34. The molecule has 0 saturated heterocycles. The van der Waals surface area contributed by atoms with Crippen molar-refractivity contribution >= 4 is 11.8 Å². The van der Waals surface area contributed by atoms with Crippen LogP contribution >= 0.6 is 0 Å². The fourth-order valence-corrected chi connectivity index (χ4v) is 7.03. The summed E-state index contributed by atoms with van der Waals surface area (Å²) in [7, 11) is 0. The van der Waals surface area contributed by atoms with E-state index in [4.69, 9.17) is 15.2 Å². The first-order chi connectivity index (χ1) is 23.1. The van der Waals surface area contributed by atoms with Gasteiger partial charge >= 0.3 is 0 Å². The number of aromatic nitrogens is 2. The Morgan fingerprint density at radius 2 is 1.25 bits per heavy atom. The number of nitrogens with one attached hydrogen (secondary N) is 1. The van der Waals surface area contributed by atoms with Gasteiger partial charge in [-0.25, -0.2) is 27.5 Å². The topological polar surface area (TPSA) is 116 Å². The van der Waals surface area contributed by atoms with Gasteiger partial charge < -0.3 is 20.5 Å². The summed E-state index contributed by atoms with van der Waals surface area (Å²) in [5.41, 5.74) is 7.78. The maximum atomic E-state index is 15.0. The minimum Gasteiger partial charge on any atom is -0.474 e. The number of rotatable bonds is 7. The number of benzene rings is 2. The molecule has 4 aliphatic rings. The average Bonchev–Trinajstić information content (AvgIpc) is 4.00. The Labute approximate surface area is 272 Å². The van der Waals surface area contributed by atoms with Crippen molar-refractivity contribution in [3.63, 3.8) is 0 Å². The number of carbonyl (C=O) groups excluding carboxylic acids is 2. The fourth-order valence-electron chi connectivity index (χ4n) is 7.03. The van der Waals surface area contributed by atoms with E-state index in [-0.39, 0.29) is 52.6 Å². The fraction of sp³-hybridized carbons (Fsp3) is 0.333. The van der Waals surface area contributed by atoms with Gasteiger partial charge in [0.15, 0.2) is 0 Å². The predicted octanol–water partition coefficient (Wildman–Crippen LogP) is 6.08. The van der Waals surface area contributed by atoms with E-state index in [1.807, 2.05) is 0 Å². The minimum atomic E-state index is -0.825. The van der Waals surface area contributed by atoms with Gasteiger partial charge in [-0.3, -0.25) is 9.59 Å². The molecular weight excluding hydrogens is 628 g/mol. The molecule has 8 nitrogen and oxygen atoms in total. The van der Waals surface area contributed by atoms with E-state index in [0.29, 0.717) is 59.7 Å². The highest BCUT2D eigenvalue weighted by Crippen LogP contribution is 2.45. The Hall–Kier alpha value is -5.00. The molecule has 12 heteroatoms. The van der Waals surface area contributed by atoms with Crippen LogP contribution in [0.2, 0.25) is 0 Å². The normalized spacial score (nSPS) is 22.5. The van der Waals surface area contributed by atoms with Gasteiger partial charge in [0, 0.05) is 46.3 Å². The van der Waals surface area contributed by atoms with E-state index in [0.717, 1.165) is 37.5 Å². The number of hydrogen-bond acceptors (Lipinski definition) is 6. The lowest BCUT2D eigenvalue weighted by molar-refractivity contribution is 0.0925. The highest BCUT2D eigenvalue weighted by Gasteiger charge is 2.47. The first-order valence-corrected chi connectivity index (χ1v) is 16.1. The number of nitrogens with zero attached hydrogens (tertiary/aromatic N) is 2. The van der Waals surface area contributed by atoms with Crippen molar-refractivity contribution in [2.75, 3.05) is 0 Å². The summed E-state index contributed by atoms with van der Waals surface area (Å²) >= 11 is 0. The van der Waals surface area contributed by atoms with Crippen LogP contribution in [-0.4, -0.2) is 40.0 Å². The Bertz CT molecular complexity index is 2000. The van der Waals surface area contributed by atoms with Crippen LogP contribution in [0.3, 0.4) is 0 Å². The van der Waals surface area contributed by atoms with Gasteiger partial charge in [-0.05, 0) is 98.4 Å². The molecule has 8 rings (SSSR count). The SMILES string of the molecule is NC(=O)c1cc(-c2ccc(F)cc2F)c2c(n1)O[C@@H](C1CC1NC(=O)c1cc(-c3ccc(F)cc3F)c3c(n1)O[C@H](C1CC1)CC3)CC2. The van der Waals surface area contributed by atoms with Crippen molar-refractivity contribution in [2.45, 2.75) is 63.2 Å². The molecule has 2 saturated carbocycles. The zero-order chi connectivity index (χ0) is 33.3. The third kappa shape index (κ3) is 5.62. The maximum absolute atomic E-state index is 15.0. The van der Waals surface area contributed by atoms with Crippen molar-refractivity contribution in [1.29, 1.82) is 0 Å². The van der Waals surface area contributed by atoms with Crippen LogP contribution in [0, 0.1) is 35.1 Å². The molecule has 48 heavy (non-hydrogen) atoms. The van der Waals surface area contributed by atoms with Gasteiger partial charge in [-0.15, -0.1) is 0 Å². The Balaban J connectivity index is 1.03. The second kappa shape index (κ2) is 11.6. The van der Waals surface area contributed by atoms with Gasteiger partial charge in [0.1, 0.15) is 46.9 Å². The number of hydrogen-bond donors (Lipinski definition) is 2. The molecule has 246 valence electrons. The average molecular weight is 659 g/mol. The molecule has 2 aliphatic carbocycles. The molecule has 2 fully saturated rings. The summed E-state index contributed by atoms with van der Waals surface area (Å²) < 4.78 is 69.6. The number of nitrogens with two attached hydrogens (primary N) is 1. The standard InChI is InChI=1S/C36H30F4N4O4/c37-17-3-5-19(26(39)11-17)23-13-29(33(41)45)43-35-22(23)8-10-32(48-35)25-15-28(25)42-34(46)30-14-24(20-6-4-18(38)12-27(20)40)21-7-9-31(16-1-2-16)47-36(21)44-30/h3-6,11-14,16,25,28,31-32H,1-2,7-10,15H2,(H2,41,45)(H,42,46)/t25?,28?,31-,32+/m0/s1. The lowest BCUT2D eigenvalue weighted by Crippen LogP contribution is -2.34. The summed E-state index contributed by atoms with van der Waals surface area (Å²) in [6, 6.07) is 9.20. The number of halogens is 4. The van der Waals surface area contributed by atoms with Crippen molar-refractivity contribution < 1.29 is 36.6 Å². The van der Waals surface area contributed by atoms with E-state index in [1.165, 1.54) is 30.3 Å². The Morgan fingerprint density at radius 1 is 0.708 bits per heavy atom. The molecule has 3 N–H and O–H groups in total. The molecule has 4 heterocycles. The smallest absolute Gasteiger partial charge is 0.270 e. The molecule has 4 atom stereocenters. The number of pyridine rings is 2. The highest BCUT2D eigenvalue weighted by atomic mass is 19.1. The van der Waals surface area contributed by atoms with Crippen LogP contribution in [0.1, 0.15) is 64.2 Å². The summed E-state index contributed by atoms with van der Waals surface area (Å²) in [4.78, 5) is 34.5. The minimum absolute atomic E-state index is 0.0166. The molecule has 0 radical (unpaired) electrons. The molecule has 2 aromatic heterocycles. The maximum Gasteiger partial charge on any atom is 0.270 e. The van der Waals surface area contributed by atoms with E-state index < -0.39 is 35.1 Å². The quantitative estimate of drug-likeness (QED) is 0.233. The summed E-state index contributed by atoms with van der Waals surface area (Å²) in [5, 5.41) is 3.01. The molecule has 0 spiro atoms. The number of fused-ring (bicyclic) bond motifs is 2. The molecule has 2 aliphatic heterocycles. The van der Waals surface area contributed by atoms with Crippen molar-refractivity contribution in [3.8, 4) is 34.0 Å². The predicted molar refractivity (Wildman–Crippen MR) is 165 cm³/mol. The number of ether oxygens (including phenoxy) is 2. The first kappa shape index (κ1) is 30.3.